The highest BCUT2D eigenvalue weighted by atomic mass is 79.9. The Bertz CT molecular complexity index is 661. The zero-order valence-corrected chi connectivity index (χ0v) is 13.4. The molecule has 0 aliphatic rings. The van der Waals surface area contributed by atoms with Crippen LogP contribution in [0.3, 0.4) is 0 Å². The second-order valence-corrected chi connectivity index (χ2v) is 5.63. The maximum atomic E-state index is 14.0. The number of hydrogen-bond donors (Lipinski definition) is 1. The lowest BCUT2D eigenvalue weighted by Gasteiger charge is -2.18. The molecular formula is C16H16BrF2NO. The third kappa shape index (κ3) is 3.41. The summed E-state index contributed by atoms with van der Waals surface area (Å²) in [6, 6.07) is 6.95. The predicted octanol–water partition coefficient (Wildman–Crippen LogP) is 4.48. The van der Waals surface area contributed by atoms with Gasteiger partial charge >= 0.3 is 0 Å². The fourth-order valence-electron chi connectivity index (χ4n) is 2.13. The molecule has 0 aliphatic heterocycles. The summed E-state index contributed by atoms with van der Waals surface area (Å²) in [7, 11) is 0. The monoisotopic (exact) mass is 355 g/mol. The van der Waals surface area contributed by atoms with Crippen LogP contribution >= 0.6 is 15.9 Å². The summed E-state index contributed by atoms with van der Waals surface area (Å²) in [5.74, 6) is -0.648. The van der Waals surface area contributed by atoms with Crippen molar-refractivity contribution in [1.82, 2.24) is 0 Å². The van der Waals surface area contributed by atoms with Crippen LogP contribution in [0, 0.1) is 18.6 Å². The lowest BCUT2D eigenvalue weighted by molar-refractivity contribution is 0.335. The molecule has 5 heteroatoms. The van der Waals surface area contributed by atoms with Crippen molar-refractivity contribution in [2.45, 2.75) is 19.9 Å². The second-order valence-electron chi connectivity index (χ2n) is 4.72. The molecule has 2 aromatic carbocycles. The molecule has 0 heterocycles. The van der Waals surface area contributed by atoms with Crippen LogP contribution in [0.4, 0.5) is 8.78 Å². The molecule has 0 bridgehead atoms. The molecule has 21 heavy (non-hydrogen) atoms. The van der Waals surface area contributed by atoms with Crippen LogP contribution in [0.15, 0.2) is 34.8 Å². The Labute approximate surface area is 131 Å². The molecule has 0 fully saturated rings. The average molecular weight is 356 g/mol. The van der Waals surface area contributed by atoms with E-state index in [0.717, 1.165) is 10.5 Å². The van der Waals surface area contributed by atoms with E-state index in [2.05, 4.69) is 15.9 Å². The van der Waals surface area contributed by atoms with Gasteiger partial charge in [0.05, 0.1) is 12.6 Å². The highest BCUT2D eigenvalue weighted by Crippen LogP contribution is 2.33. The number of halogens is 3. The van der Waals surface area contributed by atoms with Crippen LogP contribution in [-0.4, -0.2) is 6.61 Å². The molecule has 2 rings (SSSR count). The average Bonchev–Trinajstić information content (AvgIpc) is 2.44. The van der Waals surface area contributed by atoms with Crippen molar-refractivity contribution in [3.05, 3.63) is 63.1 Å². The number of aryl methyl sites for hydroxylation is 1. The number of hydrogen-bond acceptors (Lipinski definition) is 2. The van der Waals surface area contributed by atoms with Gasteiger partial charge in [0.1, 0.15) is 17.4 Å². The summed E-state index contributed by atoms with van der Waals surface area (Å²) in [4.78, 5) is 0. The topological polar surface area (TPSA) is 35.2 Å². The van der Waals surface area contributed by atoms with Crippen molar-refractivity contribution in [3.63, 3.8) is 0 Å². The van der Waals surface area contributed by atoms with Crippen molar-refractivity contribution < 1.29 is 13.5 Å². The molecule has 0 saturated heterocycles. The van der Waals surface area contributed by atoms with Crippen molar-refractivity contribution in [2.75, 3.05) is 6.61 Å². The van der Waals surface area contributed by atoms with Crippen molar-refractivity contribution in [3.8, 4) is 5.75 Å². The first kappa shape index (κ1) is 15.9. The molecule has 0 radical (unpaired) electrons. The van der Waals surface area contributed by atoms with Gasteiger partial charge in [-0.05, 0) is 43.7 Å². The predicted molar refractivity (Wildman–Crippen MR) is 82.4 cm³/mol. The summed E-state index contributed by atoms with van der Waals surface area (Å²) >= 11 is 3.37. The standard InChI is InChI=1S/C16H16BrF2NO/c1-3-21-15-5-4-10(17)7-12(15)16(20)11-6-9(2)13(18)8-14(11)19/h4-8,16H,3,20H2,1-2H3. The van der Waals surface area contributed by atoms with Crippen LogP contribution in [0.25, 0.3) is 0 Å². The Balaban J connectivity index is 2.51. The van der Waals surface area contributed by atoms with Gasteiger partial charge in [-0.3, -0.25) is 0 Å². The molecule has 0 spiro atoms. The van der Waals surface area contributed by atoms with Gasteiger partial charge in [-0.1, -0.05) is 15.9 Å². The van der Waals surface area contributed by atoms with E-state index in [0.29, 0.717) is 23.5 Å². The highest BCUT2D eigenvalue weighted by Gasteiger charge is 2.19. The Morgan fingerprint density at radius 3 is 2.52 bits per heavy atom. The van der Waals surface area contributed by atoms with E-state index >= 15 is 0 Å². The quantitative estimate of drug-likeness (QED) is 0.877. The second kappa shape index (κ2) is 6.54. The van der Waals surface area contributed by atoms with E-state index in [1.807, 2.05) is 13.0 Å². The van der Waals surface area contributed by atoms with E-state index in [4.69, 9.17) is 10.5 Å². The zero-order chi connectivity index (χ0) is 15.6. The first-order chi connectivity index (χ1) is 9.93. The van der Waals surface area contributed by atoms with E-state index in [-0.39, 0.29) is 5.56 Å². The summed E-state index contributed by atoms with van der Waals surface area (Å²) in [5.41, 5.74) is 7.42. The Morgan fingerprint density at radius 2 is 1.86 bits per heavy atom. The highest BCUT2D eigenvalue weighted by molar-refractivity contribution is 9.10. The Morgan fingerprint density at radius 1 is 1.14 bits per heavy atom. The van der Waals surface area contributed by atoms with E-state index in [1.54, 1.807) is 19.1 Å². The minimum absolute atomic E-state index is 0.243. The van der Waals surface area contributed by atoms with Gasteiger partial charge in [0.15, 0.2) is 0 Å². The normalized spacial score (nSPS) is 12.3. The van der Waals surface area contributed by atoms with Crippen LogP contribution in [-0.2, 0) is 0 Å². The molecule has 2 N–H and O–H groups in total. The molecule has 2 aromatic rings. The summed E-state index contributed by atoms with van der Waals surface area (Å²) in [5, 5.41) is 0. The minimum Gasteiger partial charge on any atom is -0.494 e. The molecule has 0 amide bonds. The van der Waals surface area contributed by atoms with Gasteiger partial charge in [0, 0.05) is 21.7 Å². The fourth-order valence-corrected chi connectivity index (χ4v) is 2.51. The largest absolute Gasteiger partial charge is 0.494 e. The van der Waals surface area contributed by atoms with E-state index < -0.39 is 17.7 Å². The van der Waals surface area contributed by atoms with Crippen molar-refractivity contribution in [2.24, 2.45) is 5.73 Å². The molecule has 112 valence electrons. The maximum absolute atomic E-state index is 14.0. The Kier molecular flexibility index (Phi) is 4.96. The van der Waals surface area contributed by atoms with Gasteiger partial charge in [0.2, 0.25) is 0 Å². The number of ether oxygens (including phenoxy) is 1. The zero-order valence-electron chi connectivity index (χ0n) is 11.8. The molecule has 2 nitrogen and oxygen atoms in total. The lowest BCUT2D eigenvalue weighted by atomic mass is 9.96. The minimum atomic E-state index is -0.733. The van der Waals surface area contributed by atoms with Crippen molar-refractivity contribution >= 4 is 15.9 Å². The smallest absolute Gasteiger partial charge is 0.131 e. The molecular weight excluding hydrogens is 340 g/mol. The van der Waals surface area contributed by atoms with E-state index in [9.17, 15) is 8.78 Å². The third-order valence-corrected chi connectivity index (χ3v) is 3.71. The summed E-state index contributed by atoms with van der Waals surface area (Å²) in [6.07, 6.45) is 0. The molecule has 1 unspecified atom stereocenters. The van der Waals surface area contributed by atoms with Crippen LogP contribution in [0.1, 0.15) is 29.7 Å². The van der Waals surface area contributed by atoms with Gasteiger partial charge in [-0.2, -0.15) is 0 Å². The van der Waals surface area contributed by atoms with Gasteiger partial charge in [0.25, 0.3) is 0 Å². The fraction of sp³-hybridized carbons (Fsp3) is 0.250. The van der Waals surface area contributed by atoms with Gasteiger partial charge < -0.3 is 10.5 Å². The first-order valence-electron chi connectivity index (χ1n) is 6.57. The number of benzene rings is 2. The molecule has 1 atom stereocenters. The van der Waals surface area contributed by atoms with Crippen LogP contribution in [0.5, 0.6) is 5.75 Å². The van der Waals surface area contributed by atoms with Crippen LogP contribution < -0.4 is 10.5 Å². The third-order valence-electron chi connectivity index (χ3n) is 3.22. The molecule has 0 saturated carbocycles. The molecule has 0 aromatic heterocycles. The first-order valence-corrected chi connectivity index (χ1v) is 7.36. The summed E-state index contributed by atoms with van der Waals surface area (Å²) < 4.78 is 33.7. The SMILES string of the molecule is CCOc1ccc(Br)cc1C(N)c1cc(C)c(F)cc1F. The van der Waals surface area contributed by atoms with E-state index in [1.165, 1.54) is 6.07 Å². The maximum Gasteiger partial charge on any atom is 0.131 e. The van der Waals surface area contributed by atoms with Gasteiger partial charge in [-0.25, -0.2) is 8.78 Å². The van der Waals surface area contributed by atoms with Gasteiger partial charge in [-0.15, -0.1) is 0 Å². The lowest BCUT2D eigenvalue weighted by Crippen LogP contribution is -2.16. The van der Waals surface area contributed by atoms with Crippen molar-refractivity contribution in [1.29, 1.82) is 0 Å². The Hall–Kier alpha value is -1.46. The number of nitrogens with two attached hydrogens (primary N) is 1. The van der Waals surface area contributed by atoms with Crippen LogP contribution in [0.2, 0.25) is 0 Å². The molecule has 0 aliphatic carbocycles. The number of rotatable bonds is 4. The summed E-state index contributed by atoms with van der Waals surface area (Å²) in [6.45, 7) is 3.92.